The van der Waals surface area contributed by atoms with E-state index < -0.39 is 0 Å². The predicted octanol–water partition coefficient (Wildman–Crippen LogP) is 8.27. The number of hydrogen-bond donors (Lipinski definition) is 1. The number of carbonyl (C=O) groups is 1. The highest BCUT2D eigenvalue weighted by Gasteiger charge is 2.27. The van der Waals surface area contributed by atoms with E-state index in [0.717, 1.165) is 25.8 Å². The second-order valence-corrected chi connectivity index (χ2v) is 11.2. The van der Waals surface area contributed by atoms with Crippen LogP contribution in [0.5, 0.6) is 0 Å². The minimum Gasteiger partial charge on any atom is -0.460 e. The zero-order valence-electron chi connectivity index (χ0n) is 22.4. The third kappa shape index (κ3) is 11.4. The van der Waals surface area contributed by atoms with E-state index >= 15 is 0 Å². The first-order chi connectivity index (χ1) is 15.0. The van der Waals surface area contributed by atoms with E-state index in [-0.39, 0.29) is 11.6 Å². The molecular formula is C29H51NO2. The molecule has 0 saturated carbocycles. The highest BCUT2D eigenvalue weighted by atomic mass is 16.6. The van der Waals surface area contributed by atoms with E-state index in [1.165, 1.54) is 55.4 Å². The van der Waals surface area contributed by atoms with Crippen molar-refractivity contribution in [1.29, 1.82) is 0 Å². The molecule has 1 heterocycles. The van der Waals surface area contributed by atoms with Crippen molar-refractivity contribution in [2.75, 3.05) is 6.54 Å². The number of rotatable bonds is 13. The van der Waals surface area contributed by atoms with Crippen molar-refractivity contribution in [2.24, 2.45) is 11.3 Å². The lowest BCUT2D eigenvalue weighted by molar-refractivity contribution is -0.155. The maximum atomic E-state index is 12.0. The fourth-order valence-electron chi connectivity index (χ4n) is 4.74. The summed E-state index contributed by atoms with van der Waals surface area (Å²) in [7, 11) is 0. The highest BCUT2D eigenvalue weighted by Crippen LogP contribution is 2.38. The number of ether oxygens (including phenoxy) is 1. The molecule has 3 heteroatoms. The van der Waals surface area contributed by atoms with Crippen LogP contribution in [0.4, 0.5) is 0 Å². The molecule has 0 aromatic carbocycles. The van der Waals surface area contributed by atoms with Crippen LogP contribution in [0.3, 0.4) is 0 Å². The molecule has 1 unspecified atom stereocenters. The SMILES string of the molecule is C/C=C(/C=C\C1=C(C)NCCC1)CCCCC(C)(C)C(CC)CCCC(=O)OC(C)(C)C. The lowest BCUT2D eigenvalue weighted by Crippen LogP contribution is -2.25. The minimum absolute atomic E-state index is 0.0629. The summed E-state index contributed by atoms with van der Waals surface area (Å²) in [6.07, 6.45) is 17.9. The van der Waals surface area contributed by atoms with Crippen LogP contribution >= 0.6 is 0 Å². The van der Waals surface area contributed by atoms with Gasteiger partial charge in [-0.05, 0) is 96.5 Å². The standard InChI is InChI=1S/C29H51NO2/c1-9-24(19-20-25-16-14-22-30-23(25)3)15-11-12-21-29(7,8)26(10-2)17-13-18-27(31)32-28(4,5)6/h9,19-20,26,30H,10-18,21-22H2,1-8H3/b20-19-,24-9+. The van der Waals surface area contributed by atoms with Crippen LogP contribution in [0.25, 0.3) is 0 Å². The molecule has 0 amide bonds. The molecule has 0 fully saturated rings. The Balaban J connectivity index is 2.41. The number of hydrogen-bond acceptors (Lipinski definition) is 3. The summed E-state index contributed by atoms with van der Waals surface area (Å²) in [4.78, 5) is 12.0. The maximum Gasteiger partial charge on any atom is 0.306 e. The molecule has 184 valence electrons. The first kappa shape index (κ1) is 28.5. The highest BCUT2D eigenvalue weighted by molar-refractivity contribution is 5.69. The Hall–Kier alpha value is -1.51. The maximum absolute atomic E-state index is 12.0. The molecule has 1 rings (SSSR count). The Labute approximate surface area is 199 Å². The summed E-state index contributed by atoms with van der Waals surface area (Å²) < 4.78 is 5.46. The monoisotopic (exact) mass is 445 g/mol. The number of carbonyl (C=O) groups excluding carboxylic acids is 1. The van der Waals surface area contributed by atoms with E-state index in [9.17, 15) is 4.79 Å². The zero-order valence-corrected chi connectivity index (χ0v) is 22.4. The van der Waals surface area contributed by atoms with Crippen LogP contribution in [0, 0.1) is 11.3 Å². The lowest BCUT2D eigenvalue weighted by atomic mass is 9.71. The van der Waals surface area contributed by atoms with E-state index in [1.54, 1.807) is 0 Å². The summed E-state index contributed by atoms with van der Waals surface area (Å²) in [6.45, 7) is 18.4. The Kier molecular flexibility index (Phi) is 12.4. The van der Waals surface area contributed by atoms with Crippen LogP contribution in [0.15, 0.2) is 35.1 Å². The molecule has 1 atom stereocenters. The van der Waals surface area contributed by atoms with Crippen molar-refractivity contribution in [3.05, 3.63) is 35.1 Å². The predicted molar refractivity (Wildman–Crippen MR) is 139 cm³/mol. The van der Waals surface area contributed by atoms with Crippen LogP contribution in [0.1, 0.15) is 120 Å². The van der Waals surface area contributed by atoms with Gasteiger partial charge in [-0.15, -0.1) is 0 Å². The summed E-state index contributed by atoms with van der Waals surface area (Å²) in [5.74, 6) is 0.590. The fourth-order valence-corrected chi connectivity index (χ4v) is 4.74. The first-order valence-electron chi connectivity index (χ1n) is 13.0. The molecule has 32 heavy (non-hydrogen) atoms. The van der Waals surface area contributed by atoms with Gasteiger partial charge in [0.2, 0.25) is 0 Å². The summed E-state index contributed by atoms with van der Waals surface area (Å²) in [6, 6.07) is 0. The molecule has 0 saturated heterocycles. The molecule has 3 nitrogen and oxygen atoms in total. The Morgan fingerprint density at radius 2 is 1.84 bits per heavy atom. The van der Waals surface area contributed by atoms with Crippen molar-refractivity contribution in [3.63, 3.8) is 0 Å². The van der Waals surface area contributed by atoms with Crippen molar-refractivity contribution < 1.29 is 9.53 Å². The smallest absolute Gasteiger partial charge is 0.306 e. The Morgan fingerprint density at radius 3 is 2.44 bits per heavy atom. The minimum atomic E-state index is -0.384. The average molecular weight is 446 g/mol. The molecule has 1 aliphatic rings. The topological polar surface area (TPSA) is 38.3 Å². The van der Waals surface area contributed by atoms with Gasteiger partial charge in [0.05, 0.1) is 0 Å². The van der Waals surface area contributed by atoms with Gasteiger partial charge < -0.3 is 10.1 Å². The fraction of sp³-hybridized carbons (Fsp3) is 0.759. The van der Waals surface area contributed by atoms with Gasteiger partial charge in [0, 0.05) is 18.7 Å². The van der Waals surface area contributed by atoms with E-state index in [1.807, 2.05) is 20.8 Å². The molecule has 0 aromatic rings. The largest absolute Gasteiger partial charge is 0.460 e. The van der Waals surface area contributed by atoms with Crippen LogP contribution in [-0.4, -0.2) is 18.1 Å². The zero-order chi connectivity index (χ0) is 24.2. The molecule has 0 aliphatic carbocycles. The van der Waals surface area contributed by atoms with Gasteiger partial charge >= 0.3 is 5.97 Å². The van der Waals surface area contributed by atoms with Gasteiger partial charge in [0.15, 0.2) is 0 Å². The number of allylic oxidation sites excluding steroid dienone is 6. The number of nitrogens with one attached hydrogen (secondary N) is 1. The van der Waals surface area contributed by atoms with E-state index in [0.29, 0.717) is 17.8 Å². The third-order valence-corrected chi connectivity index (χ3v) is 6.85. The Bertz CT molecular complexity index is 661. The molecule has 0 spiro atoms. The molecule has 0 aromatic heterocycles. The van der Waals surface area contributed by atoms with Crippen molar-refractivity contribution >= 4 is 5.97 Å². The van der Waals surface area contributed by atoms with Gasteiger partial charge in [-0.2, -0.15) is 0 Å². The quantitative estimate of drug-likeness (QED) is 0.176. The van der Waals surface area contributed by atoms with Gasteiger partial charge in [0.25, 0.3) is 0 Å². The molecule has 1 N–H and O–H groups in total. The molecule has 0 radical (unpaired) electrons. The van der Waals surface area contributed by atoms with Crippen molar-refractivity contribution in [3.8, 4) is 0 Å². The van der Waals surface area contributed by atoms with Crippen molar-refractivity contribution in [1.82, 2.24) is 5.32 Å². The molecule has 0 bridgehead atoms. The van der Waals surface area contributed by atoms with Gasteiger partial charge in [-0.3, -0.25) is 4.79 Å². The second-order valence-electron chi connectivity index (χ2n) is 11.2. The third-order valence-electron chi connectivity index (χ3n) is 6.85. The van der Waals surface area contributed by atoms with Crippen molar-refractivity contribution in [2.45, 2.75) is 125 Å². The van der Waals surface area contributed by atoms with E-state index in [4.69, 9.17) is 4.74 Å². The van der Waals surface area contributed by atoms with Crippen LogP contribution in [-0.2, 0) is 9.53 Å². The second kappa shape index (κ2) is 13.9. The van der Waals surface area contributed by atoms with Gasteiger partial charge in [-0.25, -0.2) is 0 Å². The summed E-state index contributed by atoms with van der Waals surface area (Å²) in [5.41, 5.74) is 4.16. The lowest BCUT2D eigenvalue weighted by Gasteiger charge is -2.34. The van der Waals surface area contributed by atoms with Gasteiger partial charge in [0.1, 0.15) is 5.60 Å². The number of unbranched alkanes of at least 4 members (excludes halogenated alkanes) is 1. The average Bonchev–Trinajstić information content (AvgIpc) is 2.70. The van der Waals surface area contributed by atoms with Gasteiger partial charge in [-0.1, -0.05) is 57.4 Å². The van der Waals surface area contributed by atoms with Crippen LogP contribution < -0.4 is 5.32 Å². The Morgan fingerprint density at radius 1 is 1.12 bits per heavy atom. The van der Waals surface area contributed by atoms with E-state index in [2.05, 4.69) is 58.2 Å². The van der Waals surface area contributed by atoms with Crippen LogP contribution in [0.2, 0.25) is 0 Å². The molecular weight excluding hydrogens is 394 g/mol. The summed E-state index contributed by atoms with van der Waals surface area (Å²) in [5, 5.41) is 3.47. The number of esters is 1. The first-order valence-corrected chi connectivity index (χ1v) is 13.0. The molecule has 1 aliphatic heterocycles. The normalized spacial score (nSPS) is 16.9. The summed E-state index contributed by atoms with van der Waals surface area (Å²) >= 11 is 0.